The molecular weight excluding hydrogens is 290 g/mol. The van der Waals surface area contributed by atoms with Crippen LogP contribution in [0.4, 0.5) is 0 Å². The molecule has 0 aromatic heterocycles. The summed E-state index contributed by atoms with van der Waals surface area (Å²) in [7, 11) is -3.02. The summed E-state index contributed by atoms with van der Waals surface area (Å²) in [6, 6.07) is 7.44. The van der Waals surface area contributed by atoms with E-state index < -0.39 is 15.1 Å². The highest BCUT2D eigenvalue weighted by molar-refractivity contribution is 9.10. The van der Waals surface area contributed by atoms with Gasteiger partial charge in [0.15, 0.2) is 9.84 Å². The van der Waals surface area contributed by atoms with E-state index in [4.69, 9.17) is 5.73 Å². The van der Waals surface area contributed by atoms with Crippen molar-refractivity contribution >= 4 is 25.8 Å². The zero-order valence-electron chi connectivity index (χ0n) is 8.93. The lowest BCUT2D eigenvalue weighted by molar-refractivity contribution is 0.594. The smallest absolute Gasteiger partial charge is 0.155 e. The van der Waals surface area contributed by atoms with Gasteiger partial charge in [-0.1, -0.05) is 35.0 Å². The SMILES string of the molecule is CCS(=O)(=O)C1C(N)C1c1ccc(Br)cc1. The molecule has 5 heteroatoms. The van der Waals surface area contributed by atoms with Crippen LogP contribution < -0.4 is 5.73 Å². The highest BCUT2D eigenvalue weighted by Gasteiger charge is 2.55. The third kappa shape index (κ3) is 2.04. The van der Waals surface area contributed by atoms with Gasteiger partial charge in [0.25, 0.3) is 0 Å². The van der Waals surface area contributed by atoms with Gasteiger partial charge in [0.2, 0.25) is 0 Å². The molecule has 1 fully saturated rings. The van der Waals surface area contributed by atoms with Gasteiger partial charge in [0.1, 0.15) is 0 Å². The molecule has 0 spiro atoms. The van der Waals surface area contributed by atoms with Crippen LogP contribution in [0, 0.1) is 0 Å². The number of hydrogen-bond acceptors (Lipinski definition) is 3. The second kappa shape index (κ2) is 4.13. The maximum atomic E-state index is 11.7. The first-order valence-corrected chi connectivity index (χ1v) is 7.71. The minimum absolute atomic E-state index is 0.0296. The first kappa shape index (κ1) is 12.1. The lowest BCUT2D eigenvalue weighted by atomic mass is 10.1. The summed E-state index contributed by atoms with van der Waals surface area (Å²) < 4.78 is 24.5. The first-order valence-electron chi connectivity index (χ1n) is 5.20. The molecular formula is C11H14BrNO2S. The first-order chi connectivity index (χ1) is 7.47. The van der Waals surface area contributed by atoms with Gasteiger partial charge in [0.05, 0.1) is 5.25 Å². The summed E-state index contributed by atoms with van der Waals surface area (Å²) >= 11 is 3.35. The lowest BCUT2D eigenvalue weighted by Crippen LogP contribution is -2.17. The van der Waals surface area contributed by atoms with Gasteiger partial charge >= 0.3 is 0 Å². The Labute approximate surface area is 104 Å². The van der Waals surface area contributed by atoms with Crippen molar-refractivity contribution in [2.75, 3.05) is 5.75 Å². The number of sulfone groups is 1. The summed E-state index contributed by atoms with van der Waals surface area (Å²) in [5, 5.41) is -0.390. The average Bonchev–Trinajstić information content (AvgIpc) is 2.92. The second-order valence-electron chi connectivity index (χ2n) is 4.07. The summed E-state index contributed by atoms with van der Waals surface area (Å²) in [6.45, 7) is 1.67. The van der Waals surface area contributed by atoms with E-state index in [1.54, 1.807) is 6.92 Å². The molecule has 1 aromatic rings. The predicted octanol–water partition coefficient (Wildman–Crippen LogP) is 1.68. The van der Waals surface area contributed by atoms with E-state index >= 15 is 0 Å². The number of halogens is 1. The fourth-order valence-corrected chi connectivity index (χ4v) is 4.05. The van der Waals surface area contributed by atoms with E-state index in [2.05, 4.69) is 15.9 Å². The maximum absolute atomic E-state index is 11.7. The topological polar surface area (TPSA) is 60.2 Å². The molecule has 16 heavy (non-hydrogen) atoms. The molecule has 0 saturated heterocycles. The second-order valence-corrected chi connectivity index (χ2v) is 7.43. The molecule has 1 aliphatic carbocycles. The molecule has 3 nitrogen and oxygen atoms in total. The minimum Gasteiger partial charge on any atom is -0.326 e. The molecule has 3 atom stereocenters. The van der Waals surface area contributed by atoms with Gasteiger partial charge in [-0.15, -0.1) is 0 Å². The van der Waals surface area contributed by atoms with Gasteiger partial charge in [-0.2, -0.15) is 0 Å². The highest BCUT2D eigenvalue weighted by atomic mass is 79.9. The summed E-state index contributed by atoms with van der Waals surface area (Å²) in [5.41, 5.74) is 6.86. The van der Waals surface area contributed by atoms with Gasteiger partial charge in [0, 0.05) is 22.2 Å². The van der Waals surface area contributed by atoms with Crippen LogP contribution in [0.15, 0.2) is 28.7 Å². The van der Waals surface area contributed by atoms with Crippen LogP contribution in [0.1, 0.15) is 18.4 Å². The third-order valence-corrected chi connectivity index (χ3v) is 5.85. The standard InChI is InChI=1S/C11H14BrNO2S/c1-2-16(14,15)11-9(10(11)13)7-3-5-8(12)6-4-7/h3-6,9-11H,2,13H2,1H3. The average molecular weight is 304 g/mol. The third-order valence-electron chi connectivity index (χ3n) is 3.08. The maximum Gasteiger partial charge on any atom is 0.155 e. The Morgan fingerprint density at radius 3 is 2.38 bits per heavy atom. The van der Waals surface area contributed by atoms with Crippen LogP contribution >= 0.6 is 15.9 Å². The molecule has 1 aliphatic rings. The van der Waals surface area contributed by atoms with Gasteiger partial charge < -0.3 is 5.73 Å². The van der Waals surface area contributed by atoms with Crippen molar-refractivity contribution in [2.24, 2.45) is 5.73 Å². The minimum atomic E-state index is -3.02. The molecule has 2 rings (SSSR count). The molecule has 0 aliphatic heterocycles. The lowest BCUT2D eigenvalue weighted by Gasteiger charge is -2.00. The van der Waals surface area contributed by atoms with Crippen molar-refractivity contribution in [1.29, 1.82) is 0 Å². The highest BCUT2D eigenvalue weighted by Crippen LogP contribution is 2.45. The van der Waals surface area contributed by atoms with Crippen LogP contribution in [-0.2, 0) is 9.84 Å². The van der Waals surface area contributed by atoms with Gasteiger partial charge in [-0.05, 0) is 17.7 Å². The molecule has 0 heterocycles. The summed E-state index contributed by atoms with van der Waals surface area (Å²) in [5.74, 6) is 0.135. The molecule has 1 aromatic carbocycles. The molecule has 88 valence electrons. The van der Waals surface area contributed by atoms with Crippen molar-refractivity contribution < 1.29 is 8.42 Å². The summed E-state index contributed by atoms with van der Waals surface area (Å²) in [6.07, 6.45) is 0. The van der Waals surface area contributed by atoms with Crippen molar-refractivity contribution in [3.05, 3.63) is 34.3 Å². The molecule has 0 amide bonds. The Kier molecular flexibility index (Phi) is 3.11. The zero-order valence-corrected chi connectivity index (χ0v) is 11.3. The van der Waals surface area contributed by atoms with E-state index in [9.17, 15) is 8.42 Å². The summed E-state index contributed by atoms with van der Waals surface area (Å²) in [4.78, 5) is 0. The van der Waals surface area contributed by atoms with Crippen LogP contribution in [0.2, 0.25) is 0 Å². The monoisotopic (exact) mass is 303 g/mol. The molecule has 3 unspecified atom stereocenters. The Balaban J connectivity index is 2.24. The van der Waals surface area contributed by atoms with Crippen molar-refractivity contribution in [1.82, 2.24) is 0 Å². The van der Waals surface area contributed by atoms with Crippen LogP contribution in [-0.4, -0.2) is 25.5 Å². The number of hydrogen-bond donors (Lipinski definition) is 1. The Bertz CT molecular complexity index is 483. The van der Waals surface area contributed by atoms with Crippen LogP contribution in [0.5, 0.6) is 0 Å². The Morgan fingerprint density at radius 2 is 1.88 bits per heavy atom. The number of benzene rings is 1. The van der Waals surface area contributed by atoms with E-state index in [0.717, 1.165) is 10.0 Å². The van der Waals surface area contributed by atoms with Crippen molar-refractivity contribution in [3.63, 3.8) is 0 Å². The zero-order chi connectivity index (χ0) is 11.9. The number of nitrogens with two attached hydrogens (primary N) is 1. The Hall–Kier alpha value is -0.390. The predicted molar refractivity (Wildman–Crippen MR) is 68.1 cm³/mol. The fourth-order valence-electron chi connectivity index (χ4n) is 2.06. The Morgan fingerprint density at radius 1 is 1.31 bits per heavy atom. The van der Waals surface area contributed by atoms with E-state index in [1.807, 2.05) is 24.3 Å². The fraction of sp³-hybridized carbons (Fsp3) is 0.455. The molecule has 0 radical (unpaired) electrons. The van der Waals surface area contributed by atoms with Crippen molar-refractivity contribution in [3.8, 4) is 0 Å². The van der Waals surface area contributed by atoms with Crippen LogP contribution in [0.3, 0.4) is 0 Å². The normalized spacial score (nSPS) is 29.1. The molecule has 1 saturated carbocycles. The molecule has 0 bridgehead atoms. The van der Waals surface area contributed by atoms with E-state index in [0.29, 0.717) is 0 Å². The largest absolute Gasteiger partial charge is 0.326 e. The number of rotatable bonds is 3. The van der Waals surface area contributed by atoms with E-state index in [-0.39, 0.29) is 17.7 Å². The van der Waals surface area contributed by atoms with Gasteiger partial charge in [-0.25, -0.2) is 8.42 Å². The van der Waals surface area contributed by atoms with Crippen LogP contribution in [0.25, 0.3) is 0 Å². The van der Waals surface area contributed by atoms with E-state index in [1.165, 1.54) is 0 Å². The van der Waals surface area contributed by atoms with Gasteiger partial charge in [-0.3, -0.25) is 0 Å². The molecule has 2 N–H and O–H groups in total. The quantitative estimate of drug-likeness (QED) is 0.924. The van der Waals surface area contributed by atoms with Crippen molar-refractivity contribution in [2.45, 2.75) is 24.1 Å².